The van der Waals surface area contributed by atoms with E-state index in [-0.39, 0.29) is 0 Å². The van der Waals surface area contributed by atoms with Crippen LogP contribution in [-0.2, 0) is 13.0 Å². The van der Waals surface area contributed by atoms with Gasteiger partial charge in [-0.05, 0) is 37.4 Å². The van der Waals surface area contributed by atoms with Crippen molar-refractivity contribution in [3.8, 4) is 0 Å². The first-order chi connectivity index (χ1) is 8.76. The van der Waals surface area contributed by atoms with Crippen LogP contribution in [0.5, 0.6) is 0 Å². The van der Waals surface area contributed by atoms with Crippen LogP contribution in [0, 0.1) is 0 Å². The topological polar surface area (TPSA) is 6.48 Å². The van der Waals surface area contributed by atoms with Gasteiger partial charge in [-0.25, -0.2) is 0 Å². The maximum atomic E-state index is 2.74. The molecule has 2 heterocycles. The molecule has 1 aromatic rings. The molecule has 0 saturated carbocycles. The molecule has 2 atom stereocenters. The van der Waals surface area contributed by atoms with Crippen LogP contribution in [0.4, 0.5) is 0 Å². The van der Waals surface area contributed by atoms with Crippen LogP contribution in [-0.4, -0.2) is 42.0 Å². The number of nitrogens with zero attached hydrogens (tertiary/aromatic N) is 2. The monoisotopic (exact) mass is 244 g/mol. The minimum atomic E-state index is 0.791. The molecule has 2 aliphatic rings. The number of fused-ring (bicyclic) bond motifs is 2. The van der Waals surface area contributed by atoms with Crippen LogP contribution < -0.4 is 0 Å². The number of likely N-dealkylation sites (tertiary alicyclic amines) is 1. The largest absolute Gasteiger partial charge is 0.303 e. The number of hydrogen-bond donors (Lipinski definition) is 0. The van der Waals surface area contributed by atoms with Gasteiger partial charge in [-0.2, -0.15) is 0 Å². The smallest absolute Gasteiger partial charge is 0.0240 e. The maximum absolute atomic E-state index is 2.74. The van der Waals surface area contributed by atoms with Crippen molar-refractivity contribution in [3.63, 3.8) is 0 Å². The molecule has 0 N–H and O–H groups in total. The first-order valence-corrected chi connectivity index (χ1v) is 7.28. The molecule has 2 heteroatoms. The molecule has 18 heavy (non-hydrogen) atoms. The molecular formula is C16H24N2. The fourth-order valence-corrected chi connectivity index (χ4v) is 3.62. The van der Waals surface area contributed by atoms with Crippen LogP contribution in [0.25, 0.3) is 0 Å². The standard InChI is InChI=1S/C16H24N2/c1-3-13-5-4-6-14(9-13)10-18-15-7-8-16(18)12-17(2)11-15/h4-6,9,15-16H,3,7-8,10-12H2,1-2H3. The zero-order valence-electron chi connectivity index (χ0n) is 11.6. The summed E-state index contributed by atoms with van der Waals surface area (Å²) in [5.41, 5.74) is 2.96. The number of piperazine rings is 1. The second kappa shape index (κ2) is 5.02. The normalized spacial score (nSPS) is 28.8. The summed E-state index contributed by atoms with van der Waals surface area (Å²) in [5.74, 6) is 0. The molecule has 0 aromatic heterocycles. The molecule has 0 aliphatic carbocycles. The Morgan fingerprint density at radius 1 is 1.11 bits per heavy atom. The summed E-state index contributed by atoms with van der Waals surface area (Å²) >= 11 is 0. The van der Waals surface area contributed by atoms with Gasteiger partial charge in [-0.15, -0.1) is 0 Å². The Labute approximate surface area is 111 Å². The Balaban J connectivity index is 1.73. The van der Waals surface area contributed by atoms with Crippen LogP contribution in [0.1, 0.15) is 30.9 Å². The predicted molar refractivity (Wildman–Crippen MR) is 75.7 cm³/mol. The van der Waals surface area contributed by atoms with E-state index in [0.717, 1.165) is 25.0 Å². The summed E-state index contributed by atoms with van der Waals surface area (Å²) < 4.78 is 0. The Kier molecular flexibility index (Phi) is 3.40. The summed E-state index contributed by atoms with van der Waals surface area (Å²) in [7, 11) is 2.26. The van der Waals surface area contributed by atoms with Crippen molar-refractivity contribution in [1.29, 1.82) is 0 Å². The van der Waals surface area contributed by atoms with E-state index in [1.807, 2.05) is 0 Å². The molecule has 2 saturated heterocycles. The zero-order chi connectivity index (χ0) is 12.5. The number of likely N-dealkylation sites (N-methyl/N-ethyl adjacent to an activating group) is 1. The lowest BCUT2D eigenvalue weighted by atomic mass is 10.1. The molecule has 2 fully saturated rings. The fourth-order valence-electron chi connectivity index (χ4n) is 3.62. The van der Waals surface area contributed by atoms with Crippen LogP contribution in [0.2, 0.25) is 0 Å². The van der Waals surface area contributed by atoms with Crippen molar-refractivity contribution < 1.29 is 0 Å². The van der Waals surface area contributed by atoms with Gasteiger partial charge in [-0.3, -0.25) is 4.90 Å². The maximum Gasteiger partial charge on any atom is 0.0240 e. The predicted octanol–water partition coefficient (Wildman–Crippen LogP) is 2.53. The van der Waals surface area contributed by atoms with Crippen molar-refractivity contribution >= 4 is 0 Å². The van der Waals surface area contributed by atoms with E-state index in [2.05, 4.69) is 48.0 Å². The van der Waals surface area contributed by atoms with Gasteiger partial charge < -0.3 is 4.90 Å². The Morgan fingerprint density at radius 3 is 2.44 bits per heavy atom. The second-order valence-corrected chi connectivity index (χ2v) is 5.95. The molecule has 2 bridgehead atoms. The van der Waals surface area contributed by atoms with E-state index in [9.17, 15) is 0 Å². The molecule has 2 nitrogen and oxygen atoms in total. The lowest BCUT2D eigenvalue weighted by Gasteiger charge is -2.39. The van der Waals surface area contributed by atoms with E-state index in [1.54, 1.807) is 0 Å². The molecule has 0 amide bonds. The lowest BCUT2D eigenvalue weighted by molar-refractivity contribution is 0.0760. The van der Waals surface area contributed by atoms with Crippen molar-refractivity contribution in [3.05, 3.63) is 35.4 Å². The first kappa shape index (κ1) is 12.2. The van der Waals surface area contributed by atoms with Gasteiger partial charge in [0.1, 0.15) is 0 Å². The Morgan fingerprint density at radius 2 is 1.78 bits per heavy atom. The third-order valence-corrected chi connectivity index (χ3v) is 4.58. The van der Waals surface area contributed by atoms with Gasteiger partial charge in [0.15, 0.2) is 0 Å². The highest BCUT2D eigenvalue weighted by Gasteiger charge is 2.38. The third-order valence-electron chi connectivity index (χ3n) is 4.58. The number of rotatable bonds is 3. The summed E-state index contributed by atoms with van der Waals surface area (Å²) in [6.45, 7) is 5.89. The van der Waals surface area contributed by atoms with Crippen molar-refractivity contribution in [2.75, 3.05) is 20.1 Å². The number of benzene rings is 1. The average molecular weight is 244 g/mol. The van der Waals surface area contributed by atoms with E-state index in [0.29, 0.717) is 0 Å². The van der Waals surface area contributed by atoms with Crippen molar-refractivity contribution in [2.24, 2.45) is 0 Å². The van der Waals surface area contributed by atoms with Crippen LogP contribution in [0.3, 0.4) is 0 Å². The highest BCUT2D eigenvalue weighted by atomic mass is 15.3. The van der Waals surface area contributed by atoms with Gasteiger partial charge in [0.25, 0.3) is 0 Å². The lowest BCUT2D eigenvalue weighted by Crippen LogP contribution is -2.51. The van der Waals surface area contributed by atoms with Crippen LogP contribution in [0.15, 0.2) is 24.3 Å². The van der Waals surface area contributed by atoms with Crippen LogP contribution >= 0.6 is 0 Å². The average Bonchev–Trinajstić information content (AvgIpc) is 2.62. The van der Waals surface area contributed by atoms with Gasteiger partial charge in [0.05, 0.1) is 0 Å². The summed E-state index contributed by atoms with van der Waals surface area (Å²) in [4.78, 5) is 5.25. The molecule has 1 aromatic carbocycles. The molecule has 98 valence electrons. The molecule has 2 unspecified atom stereocenters. The van der Waals surface area contributed by atoms with Gasteiger partial charge in [-0.1, -0.05) is 31.2 Å². The quantitative estimate of drug-likeness (QED) is 0.806. The minimum Gasteiger partial charge on any atom is -0.303 e. The van der Waals surface area contributed by atoms with E-state index in [1.165, 1.54) is 37.1 Å². The minimum absolute atomic E-state index is 0.791. The zero-order valence-corrected chi connectivity index (χ0v) is 11.6. The molecule has 3 rings (SSSR count). The van der Waals surface area contributed by atoms with Gasteiger partial charge in [0.2, 0.25) is 0 Å². The molecular weight excluding hydrogens is 220 g/mol. The second-order valence-electron chi connectivity index (χ2n) is 5.95. The van der Waals surface area contributed by atoms with Gasteiger partial charge >= 0.3 is 0 Å². The molecule has 0 spiro atoms. The SMILES string of the molecule is CCc1cccc(CN2C3CCC2CN(C)C3)c1. The highest BCUT2D eigenvalue weighted by Crippen LogP contribution is 2.31. The van der Waals surface area contributed by atoms with Crippen molar-refractivity contribution in [1.82, 2.24) is 9.80 Å². The van der Waals surface area contributed by atoms with Gasteiger partial charge in [0, 0.05) is 31.7 Å². The Bertz CT molecular complexity index is 401. The molecule has 2 aliphatic heterocycles. The molecule has 0 radical (unpaired) electrons. The fraction of sp³-hybridized carbons (Fsp3) is 0.625. The number of hydrogen-bond acceptors (Lipinski definition) is 2. The number of aryl methyl sites for hydroxylation is 1. The van der Waals surface area contributed by atoms with E-state index < -0.39 is 0 Å². The highest BCUT2D eigenvalue weighted by molar-refractivity contribution is 5.23. The van der Waals surface area contributed by atoms with Crippen molar-refractivity contribution in [2.45, 2.75) is 44.8 Å². The summed E-state index contributed by atoms with van der Waals surface area (Å²) in [5, 5.41) is 0. The van der Waals surface area contributed by atoms with E-state index >= 15 is 0 Å². The third kappa shape index (κ3) is 2.32. The summed E-state index contributed by atoms with van der Waals surface area (Å²) in [6, 6.07) is 10.7. The summed E-state index contributed by atoms with van der Waals surface area (Å²) in [6.07, 6.45) is 3.92. The van der Waals surface area contributed by atoms with E-state index in [4.69, 9.17) is 0 Å². The first-order valence-electron chi connectivity index (χ1n) is 7.28. The Hall–Kier alpha value is -0.860.